The van der Waals surface area contributed by atoms with Crippen LogP contribution in [0.3, 0.4) is 0 Å². The number of carboxylic acids is 1. The van der Waals surface area contributed by atoms with Crippen LogP contribution < -0.4 is 4.90 Å². The number of hydrogen-bond donors (Lipinski definition) is 1. The number of aryl methyl sites for hydroxylation is 1. The van der Waals surface area contributed by atoms with Gasteiger partial charge < -0.3 is 19.3 Å². The molecule has 0 saturated carbocycles. The number of aromatic nitrogens is 3. The number of aliphatic carboxylic acids is 1. The number of hydrogen-bond acceptors (Lipinski definition) is 5. The fourth-order valence-corrected chi connectivity index (χ4v) is 4.12. The Labute approximate surface area is 178 Å². The van der Waals surface area contributed by atoms with Crippen LogP contribution in [0.1, 0.15) is 18.5 Å². The molecule has 4 rings (SSSR count). The Balaban J connectivity index is 1.81. The van der Waals surface area contributed by atoms with E-state index in [9.17, 15) is 14.3 Å². The van der Waals surface area contributed by atoms with Crippen LogP contribution in [0.4, 0.5) is 10.2 Å². The first-order chi connectivity index (χ1) is 14.4. The molecule has 0 spiro atoms. The van der Waals surface area contributed by atoms with E-state index in [-0.39, 0.29) is 23.5 Å². The first kappa shape index (κ1) is 20.6. The summed E-state index contributed by atoms with van der Waals surface area (Å²) in [6.07, 6.45) is 2.81. The molecule has 0 bridgehead atoms. The number of methoxy groups -OCH3 is 1. The standard InChI is InChI=1S/C21H22ClFN4O3/c1-26-6-3-13-9-14(10-15(23)18(13)26)17-20(24-16(11-30-2)19(22)25-17)27-7-4-12(5-8-27)21(28)29/h3,6,9-10,12H,4-5,7-8,11H2,1-2H3,(H,28,29). The van der Waals surface area contributed by atoms with Crippen molar-refractivity contribution in [1.82, 2.24) is 14.5 Å². The van der Waals surface area contributed by atoms with Gasteiger partial charge in [0.2, 0.25) is 0 Å². The van der Waals surface area contributed by atoms with Crippen LogP contribution >= 0.6 is 11.6 Å². The molecule has 0 radical (unpaired) electrons. The van der Waals surface area contributed by atoms with E-state index in [1.807, 2.05) is 17.0 Å². The van der Waals surface area contributed by atoms with Crippen molar-refractivity contribution in [2.45, 2.75) is 19.4 Å². The van der Waals surface area contributed by atoms with Gasteiger partial charge in [-0.2, -0.15) is 0 Å². The summed E-state index contributed by atoms with van der Waals surface area (Å²) in [7, 11) is 3.34. The maximum atomic E-state index is 14.8. The minimum Gasteiger partial charge on any atom is -0.481 e. The summed E-state index contributed by atoms with van der Waals surface area (Å²) in [5, 5.41) is 10.2. The second-order valence-corrected chi connectivity index (χ2v) is 7.85. The summed E-state index contributed by atoms with van der Waals surface area (Å²) in [5.74, 6) is -0.954. The average Bonchev–Trinajstić information content (AvgIpc) is 3.10. The molecule has 1 N–H and O–H groups in total. The highest BCUT2D eigenvalue weighted by atomic mass is 35.5. The minimum absolute atomic E-state index is 0.191. The van der Waals surface area contributed by atoms with Crippen LogP contribution in [0, 0.1) is 11.7 Å². The number of anilines is 1. The minimum atomic E-state index is -0.784. The van der Waals surface area contributed by atoms with Gasteiger partial charge in [0.05, 0.1) is 18.0 Å². The van der Waals surface area contributed by atoms with Gasteiger partial charge in [0.25, 0.3) is 0 Å². The third-order valence-electron chi connectivity index (χ3n) is 5.52. The molecule has 158 valence electrons. The number of carboxylic acid groups (broad SMARTS) is 1. The molecule has 1 aromatic carbocycles. The molecule has 0 amide bonds. The summed E-state index contributed by atoms with van der Waals surface area (Å²) >= 11 is 6.35. The highest BCUT2D eigenvalue weighted by Crippen LogP contribution is 2.35. The van der Waals surface area contributed by atoms with Gasteiger partial charge in [-0.15, -0.1) is 0 Å². The Morgan fingerprint density at radius 3 is 2.73 bits per heavy atom. The molecule has 1 aliphatic heterocycles. The fourth-order valence-electron chi connectivity index (χ4n) is 3.94. The van der Waals surface area contributed by atoms with E-state index >= 15 is 0 Å². The second-order valence-electron chi connectivity index (χ2n) is 7.49. The van der Waals surface area contributed by atoms with Crippen LogP contribution in [0.25, 0.3) is 22.2 Å². The Morgan fingerprint density at radius 1 is 1.33 bits per heavy atom. The van der Waals surface area contributed by atoms with Crippen molar-refractivity contribution in [2.24, 2.45) is 13.0 Å². The Kier molecular flexibility index (Phi) is 5.62. The lowest BCUT2D eigenvalue weighted by molar-refractivity contribution is -0.142. The Hall–Kier alpha value is -2.71. The SMILES string of the molecule is COCc1nc(N2CCC(C(=O)O)CC2)c(-c2cc(F)c3c(ccn3C)c2)nc1Cl. The van der Waals surface area contributed by atoms with E-state index in [0.29, 0.717) is 54.2 Å². The monoisotopic (exact) mass is 432 g/mol. The second kappa shape index (κ2) is 8.20. The third kappa shape index (κ3) is 3.73. The number of halogens is 2. The quantitative estimate of drug-likeness (QED) is 0.659. The number of benzene rings is 1. The number of nitrogens with zero attached hydrogens (tertiary/aromatic N) is 4. The molecule has 0 unspecified atom stereocenters. The van der Waals surface area contributed by atoms with Crippen molar-refractivity contribution < 1.29 is 19.0 Å². The zero-order valence-corrected chi connectivity index (χ0v) is 17.5. The first-order valence-electron chi connectivity index (χ1n) is 9.67. The molecule has 7 nitrogen and oxygen atoms in total. The molecule has 9 heteroatoms. The molecule has 1 saturated heterocycles. The third-order valence-corrected chi connectivity index (χ3v) is 5.82. The summed E-state index contributed by atoms with van der Waals surface area (Å²) in [4.78, 5) is 22.5. The van der Waals surface area contributed by atoms with Crippen molar-refractivity contribution in [2.75, 3.05) is 25.1 Å². The molecular weight excluding hydrogens is 411 g/mol. The van der Waals surface area contributed by atoms with Crippen LogP contribution in [-0.4, -0.2) is 45.8 Å². The normalized spacial score (nSPS) is 15.1. The molecule has 3 aromatic rings. The van der Waals surface area contributed by atoms with Gasteiger partial charge >= 0.3 is 5.97 Å². The number of piperidine rings is 1. The summed E-state index contributed by atoms with van der Waals surface area (Å²) in [5.41, 5.74) is 2.04. The number of fused-ring (bicyclic) bond motifs is 1. The van der Waals surface area contributed by atoms with E-state index in [2.05, 4.69) is 9.97 Å². The topological polar surface area (TPSA) is 80.5 Å². The van der Waals surface area contributed by atoms with Crippen molar-refractivity contribution in [3.63, 3.8) is 0 Å². The van der Waals surface area contributed by atoms with Crippen LogP contribution in [0.2, 0.25) is 5.15 Å². The molecule has 30 heavy (non-hydrogen) atoms. The molecule has 1 fully saturated rings. The molecular formula is C21H22ClFN4O3. The van der Waals surface area contributed by atoms with Gasteiger partial charge in [-0.3, -0.25) is 4.79 Å². The van der Waals surface area contributed by atoms with Crippen LogP contribution in [0.15, 0.2) is 24.4 Å². The van der Waals surface area contributed by atoms with E-state index < -0.39 is 5.97 Å². The lowest BCUT2D eigenvalue weighted by Crippen LogP contribution is -2.37. The molecule has 0 atom stereocenters. The van der Waals surface area contributed by atoms with E-state index in [1.165, 1.54) is 6.07 Å². The van der Waals surface area contributed by atoms with Crippen molar-refractivity contribution in [1.29, 1.82) is 0 Å². The Morgan fingerprint density at radius 2 is 2.07 bits per heavy atom. The van der Waals surface area contributed by atoms with E-state index in [1.54, 1.807) is 24.9 Å². The van der Waals surface area contributed by atoms with Gasteiger partial charge in [-0.05, 0) is 31.0 Å². The number of carbonyl (C=O) groups is 1. The van der Waals surface area contributed by atoms with Crippen molar-refractivity contribution in [3.8, 4) is 11.3 Å². The van der Waals surface area contributed by atoms with Crippen molar-refractivity contribution in [3.05, 3.63) is 41.1 Å². The first-order valence-corrected chi connectivity index (χ1v) is 10.0. The van der Waals surface area contributed by atoms with E-state index in [0.717, 1.165) is 5.39 Å². The lowest BCUT2D eigenvalue weighted by atomic mass is 9.96. The lowest BCUT2D eigenvalue weighted by Gasteiger charge is -2.32. The molecule has 0 aliphatic carbocycles. The maximum Gasteiger partial charge on any atom is 0.306 e. The van der Waals surface area contributed by atoms with E-state index in [4.69, 9.17) is 16.3 Å². The van der Waals surface area contributed by atoms with Gasteiger partial charge in [-0.25, -0.2) is 14.4 Å². The maximum absolute atomic E-state index is 14.8. The van der Waals surface area contributed by atoms with Gasteiger partial charge in [-0.1, -0.05) is 11.6 Å². The zero-order chi connectivity index (χ0) is 21.4. The molecule has 3 heterocycles. The summed E-state index contributed by atoms with van der Waals surface area (Å²) < 4.78 is 21.7. The smallest absolute Gasteiger partial charge is 0.306 e. The van der Waals surface area contributed by atoms with Gasteiger partial charge in [0.15, 0.2) is 11.0 Å². The molecule has 2 aromatic heterocycles. The number of rotatable bonds is 5. The predicted octanol–water partition coefficient (Wildman–Crippen LogP) is 3.88. The predicted molar refractivity (Wildman–Crippen MR) is 112 cm³/mol. The zero-order valence-electron chi connectivity index (χ0n) is 16.7. The van der Waals surface area contributed by atoms with Crippen LogP contribution in [-0.2, 0) is 23.2 Å². The van der Waals surface area contributed by atoms with Gasteiger partial charge in [0, 0.05) is 44.4 Å². The Bertz CT molecular complexity index is 1110. The van der Waals surface area contributed by atoms with Crippen molar-refractivity contribution >= 4 is 34.3 Å². The average molecular weight is 433 g/mol. The number of ether oxygens (including phenoxy) is 1. The van der Waals surface area contributed by atoms with Crippen LogP contribution in [0.5, 0.6) is 0 Å². The summed E-state index contributed by atoms with van der Waals surface area (Å²) in [6, 6.07) is 5.14. The highest BCUT2D eigenvalue weighted by molar-refractivity contribution is 6.30. The highest BCUT2D eigenvalue weighted by Gasteiger charge is 2.28. The van der Waals surface area contributed by atoms with Gasteiger partial charge in [0.1, 0.15) is 17.2 Å². The summed E-state index contributed by atoms with van der Waals surface area (Å²) in [6.45, 7) is 1.22. The fraction of sp³-hybridized carbons (Fsp3) is 0.381. The largest absolute Gasteiger partial charge is 0.481 e. The molecule has 1 aliphatic rings.